The lowest BCUT2D eigenvalue weighted by Crippen LogP contribution is -2.48. The molecule has 1 amide bonds. The van der Waals surface area contributed by atoms with Gasteiger partial charge in [0.05, 0.1) is 0 Å². The van der Waals surface area contributed by atoms with Crippen LogP contribution in [0, 0.1) is 5.92 Å². The fourth-order valence-electron chi connectivity index (χ4n) is 1.57. The van der Waals surface area contributed by atoms with Gasteiger partial charge in [-0.3, -0.25) is 4.98 Å². The van der Waals surface area contributed by atoms with Gasteiger partial charge in [-0.15, -0.1) is 0 Å². The Hall–Kier alpha value is -2.38. The van der Waals surface area contributed by atoms with Crippen LogP contribution in [-0.4, -0.2) is 38.9 Å². The Morgan fingerprint density at radius 1 is 1.41 bits per heavy atom. The summed E-state index contributed by atoms with van der Waals surface area (Å²) in [4.78, 5) is 26.2. The van der Waals surface area contributed by atoms with E-state index >= 15 is 0 Å². The van der Waals surface area contributed by atoms with E-state index in [9.17, 15) is 19.8 Å². The molecule has 124 valence electrons. The number of amides is 1. The number of nitrogens with one attached hydrogen (secondary N) is 2. The number of carbonyl (C=O) groups is 2. The second-order valence-electron chi connectivity index (χ2n) is 5.80. The van der Waals surface area contributed by atoms with Crippen LogP contribution in [0.3, 0.4) is 0 Å². The van der Waals surface area contributed by atoms with Crippen molar-refractivity contribution in [3.05, 3.63) is 6.07 Å². The number of ether oxygens (including phenoxy) is 2. The number of hydrogen-bond donors (Lipinski definition) is 4. The molecule has 0 aliphatic heterocycles. The number of carbonyl (C=O) groups excluding carboxylic acids is 2. The molecule has 0 saturated heterocycles. The monoisotopic (exact) mass is 315 g/mol. The Kier molecular flexibility index (Phi) is 4.79. The fraction of sp³-hybridized carbons (Fsp3) is 0.571. The van der Waals surface area contributed by atoms with E-state index in [1.165, 1.54) is 0 Å². The van der Waals surface area contributed by atoms with E-state index in [1.54, 1.807) is 27.7 Å². The third-order valence-electron chi connectivity index (χ3n) is 2.52. The molecule has 1 rings (SSSR count). The molecule has 1 heterocycles. The van der Waals surface area contributed by atoms with Gasteiger partial charge in [0, 0.05) is 7.44 Å². The average molecular weight is 315 g/mol. The first-order valence-corrected chi connectivity index (χ1v) is 6.67. The van der Waals surface area contributed by atoms with Crippen LogP contribution in [0.4, 0.5) is 4.79 Å². The van der Waals surface area contributed by atoms with Gasteiger partial charge in [0.2, 0.25) is 5.88 Å². The van der Waals surface area contributed by atoms with Gasteiger partial charge in [0.15, 0.2) is 11.6 Å². The zero-order valence-electron chi connectivity index (χ0n) is 14.0. The molecule has 8 heteroatoms. The van der Waals surface area contributed by atoms with Gasteiger partial charge in [-0.2, -0.15) is 0 Å². The van der Waals surface area contributed by atoms with Gasteiger partial charge in [0.25, 0.3) is 0 Å². The van der Waals surface area contributed by atoms with Crippen molar-refractivity contribution < 1.29 is 30.6 Å². The molecule has 4 N–H and O–H groups in total. The van der Waals surface area contributed by atoms with E-state index in [1.807, 2.05) is 0 Å². The summed E-state index contributed by atoms with van der Waals surface area (Å²) in [5.74, 6) is -2.26. The first kappa shape index (κ1) is 16.0. The molecule has 1 aromatic heterocycles. The standard InChI is InChI=1S/C14H22N2O6/c1-7(2)10(16-13(20)22-14(3,4)5)12(19)21-8-6-9(17)15-11(8)18/h6-7,10,15,17-18H,1-5H3,(H,16,20)/t10-/m0/s1/i3D. The Balaban J connectivity index is 2.76. The summed E-state index contributed by atoms with van der Waals surface area (Å²) >= 11 is 0. The van der Waals surface area contributed by atoms with Crippen molar-refractivity contribution in [1.29, 1.82) is 0 Å². The minimum Gasteiger partial charge on any atom is -0.494 e. The fourth-order valence-corrected chi connectivity index (χ4v) is 1.57. The van der Waals surface area contributed by atoms with Crippen molar-refractivity contribution in [3.8, 4) is 17.5 Å². The van der Waals surface area contributed by atoms with Gasteiger partial charge in [-0.25, -0.2) is 9.59 Å². The van der Waals surface area contributed by atoms with E-state index in [2.05, 4.69) is 10.3 Å². The normalized spacial score (nSPS) is 13.4. The van der Waals surface area contributed by atoms with Gasteiger partial charge in [0.1, 0.15) is 11.6 Å². The molecule has 0 unspecified atom stereocenters. The maximum absolute atomic E-state index is 12.2. The van der Waals surface area contributed by atoms with Crippen LogP contribution in [0.5, 0.6) is 17.5 Å². The van der Waals surface area contributed by atoms with Crippen LogP contribution < -0.4 is 10.1 Å². The molecule has 8 nitrogen and oxygen atoms in total. The Labute approximate surface area is 129 Å². The zero-order valence-corrected chi connectivity index (χ0v) is 13.0. The van der Waals surface area contributed by atoms with Crippen molar-refractivity contribution in [1.82, 2.24) is 10.3 Å². The Morgan fingerprint density at radius 2 is 2.05 bits per heavy atom. The summed E-state index contributed by atoms with van der Waals surface area (Å²) < 4.78 is 17.3. The molecule has 0 fully saturated rings. The summed E-state index contributed by atoms with van der Waals surface area (Å²) in [5.41, 5.74) is -0.986. The third-order valence-corrected chi connectivity index (χ3v) is 2.52. The number of esters is 1. The molecule has 1 atom stereocenters. The lowest BCUT2D eigenvalue weighted by molar-refractivity contribution is -0.138. The first-order valence-electron chi connectivity index (χ1n) is 7.38. The molecule has 0 radical (unpaired) electrons. The Morgan fingerprint density at radius 3 is 2.50 bits per heavy atom. The number of aromatic amines is 1. The molecule has 0 spiro atoms. The molecule has 22 heavy (non-hydrogen) atoms. The van der Waals surface area contributed by atoms with Crippen molar-refractivity contribution in [3.63, 3.8) is 0 Å². The van der Waals surface area contributed by atoms with Crippen LogP contribution in [-0.2, 0) is 9.53 Å². The molecule has 0 aromatic carbocycles. The summed E-state index contributed by atoms with van der Waals surface area (Å²) in [6.45, 7) is 6.39. The minimum absolute atomic E-state index is 0.131. The lowest BCUT2D eigenvalue weighted by atomic mass is 10.1. The van der Waals surface area contributed by atoms with Crippen LogP contribution in [0.25, 0.3) is 0 Å². The van der Waals surface area contributed by atoms with E-state index in [4.69, 9.17) is 10.8 Å². The first-order chi connectivity index (χ1) is 10.6. The van der Waals surface area contributed by atoms with Crippen molar-refractivity contribution in [2.75, 3.05) is 0 Å². The molecule has 1 aromatic rings. The van der Waals surface area contributed by atoms with Crippen LogP contribution in [0.15, 0.2) is 6.07 Å². The predicted octanol–water partition coefficient (Wildman–Crippen LogP) is 1.88. The van der Waals surface area contributed by atoms with Crippen LogP contribution in [0.1, 0.15) is 36.0 Å². The average Bonchev–Trinajstić information content (AvgIpc) is 2.73. The van der Waals surface area contributed by atoms with Gasteiger partial charge in [-0.1, -0.05) is 13.8 Å². The van der Waals surface area contributed by atoms with E-state index in [-0.39, 0.29) is 24.4 Å². The number of hydrogen-bond acceptors (Lipinski definition) is 6. The quantitative estimate of drug-likeness (QED) is 0.630. The maximum Gasteiger partial charge on any atom is 0.408 e. The van der Waals surface area contributed by atoms with Crippen molar-refractivity contribution in [2.45, 2.75) is 46.2 Å². The topological polar surface area (TPSA) is 121 Å². The number of H-pyrrole nitrogens is 1. The minimum atomic E-state index is -1.03. The second kappa shape index (κ2) is 6.59. The summed E-state index contributed by atoms with van der Waals surface area (Å²) in [5, 5.41) is 21.0. The second-order valence-corrected chi connectivity index (χ2v) is 5.80. The largest absolute Gasteiger partial charge is 0.494 e. The summed E-state index contributed by atoms with van der Waals surface area (Å²) in [7, 11) is 0. The molecule has 0 aliphatic carbocycles. The van der Waals surface area contributed by atoms with Gasteiger partial charge >= 0.3 is 12.1 Å². The smallest absolute Gasteiger partial charge is 0.408 e. The number of rotatable bonds is 4. The highest BCUT2D eigenvalue weighted by molar-refractivity contribution is 5.83. The molecule has 0 saturated carbocycles. The summed E-state index contributed by atoms with van der Waals surface area (Å²) in [6.07, 6.45) is -0.848. The Bertz CT molecular complexity index is 570. The highest BCUT2D eigenvalue weighted by atomic mass is 16.6. The van der Waals surface area contributed by atoms with E-state index in [0.29, 0.717) is 0 Å². The predicted molar refractivity (Wildman–Crippen MR) is 77.8 cm³/mol. The zero-order chi connectivity index (χ0) is 17.8. The molecule has 0 aliphatic rings. The van der Waals surface area contributed by atoms with Gasteiger partial charge in [-0.05, 0) is 26.7 Å². The SMILES string of the molecule is [2H]CC(C)(C)OC(=O)N[C@H](C(=O)Oc1cc(O)[nH]c1O)C(C)C. The molecule has 0 bridgehead atoms. The number of aromatic nitrogens is 1. The van der Waals surface area contributed by atoms with Crippen molar-refractivity contribution in [2.24, 2.45) is 5.92 Å². The number of aromatic hydroxyl groups is 2. The third kappa shape index (κ3) is 5.19. The van der Waals surface area contributed by atoms with E-state index in [0.717, 1.165) is 6.07 Å². The highest BCUT2D eigenvalue weighted by Gasteiger charge is 2.29. The maximum atomic E-state index is 12.2. The highest BCUT2D eigenvalue weighted by Crippen LogP contribution is 2.30. The van der Waals surface area contributed by atoms with Crippen LogP contribution in [0.2, 0.25) is 0 Å². The lowest BCUT2D eigenvalue weighted by Gasteiger charge is -2.24. The van der Waals surface area contributed by atoms with Gasteiger partial charge < -0.3 is 25.0 Å². The van der Waals surface area contributed by atoms with Crippen molar-refractivity contribution >= 4 is 12.1 Å². The number of alkyl carbamates (subject to hydrolysis) is 1. The van der Waals surface area contributed by atoms with E-state index < -0.39 is 29.6 Å². The molecular formula is C14H22N2O6. The van der Waals surface area contributed by atoms with Crippen LogP contribution >= 0.6 is 0 Å². The molecular weight excluding hydrogens is 292 g/mol. The summed E-state index contributed by atoms with van der Waals surface area (Å²) in [6, 6.07) is 0.00654.